The maximum absolute atomic E-state index is 11.7. The number of aliphatic carboxylic acids is 1. The van der Waals surface area contributed by atoms with Gasteiger partial charge in [-0.25, -0.2) is 0 Å². The zero-order valence-corrected chi connectivity index (χ0v) is 13.2. The lowest BCUT2D eigenvalue weighted by atomic mass is 10.2. The molecule has 7 nitrogen and oxygen atoms in total. The molecular weight excluding hydrogens is 322 g/mol. The molecule has 23 heavy (non-hydrogen) atoms. The van der Waals surface area contributed by atoms with Gasteiger partial charge < -0.3 is 14.9 Å². The van der Waals surface area contributed by atoms with Gasteiger partial charge in [0, 0.05) is 29.5 Å². The molecule has 8 heteroatoms. The Bertz CT molecular complexity index is 684. The van der Waals surface area contributed by atoms with E-state index in [4.69, 9.17) is 21.2 Å². The van der Waals surface area contributed by atoms with Crippen LogP contribution in [0, 0.1) is 0 Å². The summed E-state index contributed by atoms with van der Waals surface area (Å²) in [6.45, 7) is 1.64. The number of nitrogens with zero attached hydrogens (tertiary/aromatic N) is 2. The Kier molecular flexibility index (Phi) is 5.70. The Labute approximate surface area is 137 Å². The molecule has 2 rings (SSSR count). The predicted molar refractivity (Wildman–Crippen MR) is 82.9 cm³/mol. The fourth-order valence-electron chi connectivity index (χ4n) is 1.95. The van der Waals surface area contributed by atoms with Crippen LogP contribution in [-0.2, 0) is 16.0 Å². The molecule has 0 aliphatic heterocycles. The van der Waals surface area contributed by atoms with Crippen LogP contribution < -0.4 is 5.32 Å². The third-order valence-corrected chi connectivity index (χ3v) is 3.28. The molecule has 1 aromatic carbocycles. The molecule has 1 heterocycles. The average Bonchev–Trinajstić information content (AvgIpc) is 2.94. The second kappa shape index (κ2) is 7.73. The first-order chi connectivity index (χ1) is 10.9. The lowest BCUT2D eigenvalue weighted by Gasteiger charge is -2.10. The number of aromatic nitrogens is 2. The van der Waals surface area contributed by atoms with Crippen LogP contribution in [0.25, 0.3) is 11.4 Å². The average molecular weight is 338 g/mol. The number of aryl methyl sites for hydroxylation is 1. The number of hydrogen-bond donors (Lipinski definition) is 2. The Balaban J connectivity index is 1.86. The molecule has 1 aromatic heterocycles. The topological polar surface area (TPSA) is 105 Å². The molecular formula is C15H16ClN3O4. The van der Waals surface area contributed by atoms with Crippen LogP contribution in [-0.4, -0.2) is 33.2 Å². The molecule has 122 valence electrons. The van der Waals surface area contributed by atoms with Crippen molar-refractivity contribution in [1.29, 1.82) is 0 Å². The maximum Gasteiger partial charge on any atom is 0.305 e. The van der Waals surface area contributed by atoms with Gasteiger partial charge in [0.15, 0.2) is 0 Å². The Morgan fingerprint density at radius 3 is 2.70 bits per heavy atom. The normalized spacial score (nSPS) is 11.9. The summed E-state index contributed by atoms with van der Waals surface area (Å²) in [7, 11) is 0. The molecule has 1 amide bonds. The minimum absolute atomic E-state index is 0.118. The van der Waals surface area contributed by atoms with E-state index in [0.29, 0.717) is 16.7 Å². The molecule has 0 aliphatic rings. The summed E-state index contributed by atoms with van der Waals surface area (Å²) in [4.78, 5) is 26.5. The number of carboxylic acid groups (broad SMARTS) is 1. The van der Waals surface area contributed by atoms with Crippen LogP contribution in [0.3, 0.4) is 0 Å². The third kappa shape index (κ3) is 5.37. The number of nitrogens with one attached hydrogen (secondary N) is 1. The lowest BCUT2D eigenvalue weighted by molar-refractivity contribution is -0.137. The fourth-order valence-corrected chi connectivity index (χ4v) is 2.08. The molecule has 0 saturated carbocycles. The SMILES string of the molecule is CC(CC(=O)O)NC(=O)CCc1nc(-c2ccc(Cl)cc2)no1. The number of halogens is 1. The van der Waals surface area contributed by atoms with Crippen molar-refractivity contribution in [1.82, 2.24) is 15.5 Å². The fraction of sp³-hybridized carbons (Fsp3) is 0.333. The van der Waals surface area contributed by atoms with Gasteiger partial charge in [-0.1, -0.05) is 16.8 Å². The van der Waals surface area contributed by atoms with Crippen molar-refractivity contribution in [3.63, 3.8) is 0 Å². The standard InChI is InChI=1S/C15H16ClN3O4/c1-9(8-14(21)22)17-12(20)6-7-13-18-15(19-23-13)10-2-4-11(16)5-3-10/h2-5,9H,6-8H2,1H3,(H,17,20)(H,21,22). The quantitative estimate of drug-likeness (QED) is 0.803. The summed E-state index contributed by atoms with van der Waals surface area (Å²) in [6, 6.07) is 6.58. The van der Waals surface area contributed by atoms with Gasteiger partial charge in [-0.05, 0) is 31.2 Å². The van der Waals surface area contributed by atoms with Crippen LogP contribution >= 0.6 is 11.6 Å². The van der Waals surface area contributed by atoms with Crippen molar-refractivity contribution < 1.29 is 19.2 Å². The van der Waals surface area contributed by atoms with Crippen molar-refractivity contribution in [2.24, 2.45) is 0 Å². The highest BCUT2D eigenvalue weighted by Crippen LogP contribution is 2.18. The monoisotopic (exact) mass is 337 g/mol. The van der Waals surface area contributed by atoms with E-state index in [1.807, 2.05) is 0 Å². The van der Waals surface area contributed by atoms with Crippen LogP contribution in [0.2, 0.25) is 5.02 Å². The number of rotatable bonds is 7. The van der Waals surface area contributed by atoms with E-state index in [2.05, 4.69) is 15.5 Å². The molecule has 0 radical (unpaired) electrons. The number of carbonyl (C=O) groups is 2. The van der Waals surface area contributed by atoms with Gasteiger partial charge in [-0.2, -0.15) is 4.98 Å². The molecule has 0 aliphatic carbocycles. The minimum Gasteiger partial charge on any atom is -0.481 e. The van der Waals surface area contributed by atoms with E-state index < -0.39 is 12.0 Å². The summed E-state index contributed by atoms with van der Waals surface area (Å²) in [6.07, 6.45) is 0.311. The Hall–Kier alpha value is -2.41. The van der Waals surface area contributed by atoms with E-state index in [0.717, 1.165) is 5.56 Å². The maximum atomic E-state index is 11.7. The third-order valence-electron chi connectivity index (χ3n) is 3.02. The van der Waals surface area contributed by atoms with Crippen LogP contribution in [0.15, 0.2) is 28.8 Å². The first kappa shape index (κ1) is 17.0. The van der Waals surface area contributed by atoms with E-state index in [-0.39, 0.29) is 25.2 Å². The molecule has 2 aromatic rings. The van der Waals surface area contributed by atoms with Gasteiger partial charge >= 0.3 is 5.97 Å². The molecule has 2 N–H and O–H groups in total. The van der Waals surface area contributed by atoms with Crippen LogP contribution in [0.4, 0.5) is 0 Å². The second-order valence-corrected chi connectivity index (χ2v) is 5.52. The van der Waals surface area contributed by atoms with Gasteiger partial charge in [-0.15, -0.1) is 0 Å². The van der Waals surface area contributed by atoms with Crippen molar-refractivity contribution in [3.05, 3.63) is 35.2 Å². The molecule has 0 saturated heterocycles. The van der Waals surface area contributed by atoms with E-state index in [1.54, 1.807) is 31.2 Å². The molecule has 0 fully saturated rings. The largest absolute Gasteiger partial charge is 0.481 e. The first-order valence-corrected chi connectivity index (χ1v) is 7.41. The minimum atomic E-state index is -0.956. The van der Waals surface area contributed by atoms with Crippen molar-refractivity contribution in [2.75, 3.05) is 0 Å². The van der Waals surface area contributed by atoms with Crippen molar-refractivity contribution >= 4 is 23.5 Å². The van der Waals surface area contributed by atoms with Crippen molar-refractivity contribution in [2.45, 2.75) is 32.2 Å². The van der Waals surface area contributed by atoms with Gasteiger partial charge in [-0.3, -0.25) is 9.59 Å². The van der Waals surface area contributed by atoms with E-state index in [9.17, 15) is 9.59 Å². The smallest absolute Gasteiger partial charge is 0.305 e. The first-order valence-electron chi connectivity index (χ1n) is 7.03. The highest BCUT2D eigenvalue weighted by molar-refractivity contribution is 6.30. The molecule has 1 unspecified atom stereocenters. The van der Waals surface area contributed by atoms with Crippen LogP contribution in [0.1, 0.15) is 25.7 Å². The van der Waals surface area contributed by atoms with Gasteiger partial charge in [0.1, 0.15) is 0 Å². The highest BCUT2D eigenvalue weighted by atomic mass is 35.5. The van der Waals surface area contributed by atoms with Gasteiger partial charge in [0.25, 0.3) is 0 Å². The number of hydrogen-bond acceptors (Lipinski definition) is 5. The lowest BCUT2D eigenvalue weighted by Crippen LogP contribution is -2.34. The number of carbonyl (C=O) groups excluding carboxylic acids is 1. The number of benzene rings is 1. The summed E-state index contributed by atoms with van der Waals surface area (Å²) >= 11 is 5.82. The molecule has 0 spiro atoms. The summed E-state index contributed by atoms with van der Waals surface area (Å²) in [5, 5.41) is 15.7. The Morgan fingerprint density at radius 2 is 2.04 bits per heavy atom. The van der Waals surface area contributed by atoms with Crippen molar-refractivity contribution in [3.8, 4) is 11.4 Å². The van der Waals surface area contributed by atoms with Crippen LogP contribution in [0.5, 0.6) is 0 Å². The summed E-state index contributed by atoms with van der Waals surface area (Å²) in [5.41, 5.74) is 0.768. The number of carboxylic acids is 1. The molecule has 1 atom stereocenters. The van der Waals surface area contributed by atoms with Gasteiger partial charge in [0.05, 0.1) is 6.42 Å². The highest BCUT2D eigenvalue weighted by Gasteiger charge is 2.13. The van der Waals surface area contributed by atoms with Gasteiger partial charge in [0.2, 0.25) is 17.6 Å². The Morgan fingerprint density at radius 1 is 1.35 bits per heavy atom. The van der Waals surface area contributed by atoms with E-state index >= 15 is 0 Å². The second-order valence-electron chi connectivity index (χ2n) is 5.09. The predicted octanol–water partition coefficient (Wildman–Crippen LogP) is 2.30. The zero-order valence-electron chi connectivity index (χ0n) is 12.5. The number of amides is 1. The summed E-state index contributed by atoms with van der Waals surface area (Å²) in [5.74, 6) is -0.445. The zero-order chi connectivity index (χ0) is 16.8. The van der Waals surface area contributed by atoms with E-state index in [1.165, 1.54) is 0 Å². The summed E-state index contributed by atoms with van der Waals surface area (Å²) < 4.78 is 5.10. The molecule has 0 bridgehead atoms.